The van der Waals surface area contributed by atoms with Gasteiger partial charge in [0.15, 0.2) is 24.0 Å². The summed E-state index contributed by atoms with van der Waals surface area (Å²) in [5.74, 6) is -3.26. The maximum atomic E-state index is 14.3. The zero-order valence-corrected chi connectivity index (χ0v) is 20.9. The van der Waals surface area contributed by atoms with Crippen LogP contribution in [-0.2, 0) is 26.1 Å². The fraction of sp³-hybridized carbons (Fsp3) is 0.217. The van der Waals surface area contributed by atoms with Crippen LogP contribution in [0.15, 0.2) is 70.6 Å². The highest BCUT2D eigenvalue weighted by atomic mass is 35.5. The molecule has 186 valence electrons. The van der Waals surface area contributed by atoms with Gasteiger partial charge in [-0.1, -0.05) is 17.7 Å². The number of hydrogen-bond donors (Lipinski definition) is 0. The lowest BCUT2D eigenvalue weighted by molar-refractivity contribution is -0.143. The van der Waals surface area contributed by atoms with Crippen LogP contribution >= 0.6 is 23.4 Å². The van der Waals surface area contributed by atoms with E-state index in [4.69, 9.17) is 16.3 Å². The predicted molar refractivity (Wildman–Crippen MR) is 128 cm³/mol. The summed E-state index contributed by atoms with van der Waals surface area (Å²) < 4.78 is 65.7. The number of ether oxygens (including phenoxy) is 2. The Hall–Kier alpha value is -2.73. The monoisotopic (exact) mass is 542 g/mol. The van der Waals surface area contributed by atoms with E-state index in [1.54, 1.807) is 24.4 Å². The van der Waals surface area contributed by atoms with Gasteiger partial charge in [-0.25, -0.2) is 22.0 Å². The van der Waals surface area contributed by atoms with Gasteiger partial charge >= 0.3 is 5.97 Å². The lowest BCUT2D eigenvalue weighted by atomic mass is 10.3. The summed E-state index contributed by atoms with van der Waals surface area (Å²) in [5, 5.41) is 0.402. The Kier molecular flexibility index (Phi) is 9.44. The van der Waals surface area contributed by atoms with Crippen LogP contribution in [0.4, 0.5) is 8.78 Å². The number of aromatic nitrogens is 1. The van der Waals surface area contributed by atoms with Crippen LogP contribution in [0.5, 0.6) is 5.75 Å². The Morgan fingerprint density at radius 2 is 1.80 bits per heavy atom. The van der Waals surface area contributed by atoms with Crippen molar-refractivity contribution in [3.8, 4) is 5.75 Å². The topological polar surface area (TPSA) is 85.8 Å². The molecule has 0 saturated carbocycles. The van der Waals surface area contributed by atoms with Crippen molar-refractivity contribution in [2.45, 2.75) is 16.3 Å². The molecule has 1 heterocycles. The Morgan fingerprint density at radius 3 is 2.40 bits per heavy atom. The second-order valence-electron chi connectivity index (χ2n) is 7.04. The van der Waals surface area contributed by atoms with Gasteiger partial charge in [0.1, 0.15) is 0 Å². The van der Waals surface area contributed by atoms with Crippen LogP contribution < -0.4 is 4.74 Å². The van der Waals surface area contributed by atoms with Crippen LogP contribution in [0.3, 0.4) is 0 Å². The number of carbonyl (C=O) groups excluding carboxylic acids is 1. The average molecular weight is 543 g/mol. The highest BCUT2D eigenvalue weighted by molar-refractivity contribution is 7.99. The number of carbonyl (C=O) groups is 1. The molecule has 0 saturated heterocycles. The Morgan fingerprint density at radius 1 is 1.11 bits per heavy atom. The number of halogens is 3. The number of sulfonamides is 1. The maximum absolute atomic E-state index is 14.3. The minimum absolute atomic E-state index is 0.00931. The molecule has 7 nitrogen and oxygen atoms in total. The molecule has 0 fully saturated rings. The third-order valence-corrected chi connectivity index (χ3v) is 7.73. The molecule has 0 N–H and O–H groups in total. The van der Waals surface area contributed by atoms with Crippen molar-refractivity contribution in [3.63, 3.8) is 0 Å². The number of benzene rings is 2. The van der Waals surface area contributed by atoms with Crippen molar-refractivity contribution < 1.29 is 31.5 Å². The largest absolute Gasteiger partial charge is 0.476 e. The van der Waals surface area contributed by atoms with Crippen LogP contribution in [0.1, 0.15) is 5.69 Å². The van der Waals surface area contributed by atoms with Gasteiger partial charge in [0, 0.05) is 28.4 Å². The SMILES string of the molecule is COC(=O)COc1c(F)cc(SCCN(Cc2ccccn2)S(=O)(=O)c2ccc(Cl)cc2)cc1F. The van der Waals surface area contributed by atoms with E-state index in [0.717, 1.165) is 31.0 Å². The molecule has 0 aliphatic heterocycles. The smallest absolute Gasteiger partial charge is 0.343 e. The number of pyridine rings is 1. The molecule has 1 aromatic heterocycles. The van der Waals surface area contributed by atoms with Gasteiger partial charge in [0.25, 0.3) is 0 Å². The fourth-order valence-electron chi connectivity index (χ4n) is 2.93. The van der Waals surface area contributed by atoms with Crippen molar-refractivity contribution in [1.29, 1.82) is 0 Å². The van der Waals surface area contributed by atoms with Gasteiger partial charge < -0.3 is 9.47 Å². The Labute approximate surface area is 211 Å². The van der Waals surface area contributed by atoms with Crippen molar-refractivity contribution in [1.82, 2.24) is 9.29 Å². The van der Waals surface area contributed by atoms with E-state index in [1.165, 1.54) is 28.6 Å². The summed E-state index contributed by atoms with van der Waals surface area (Å²) in [4.78, 5) is 15.6. The number of nitrogens with zero attached hydrogens (tertiary/aromatic N) is 2. The lowest BCUT2D eigenvalue weighted by Gasteiger charge is -2.22. The van der Waals surface area contributed by atoms with Gasteiger partial charge in [0.05, 0.1) is 24.2 Å². The average Bonchev–Trinajstić information content (AvgIpc) is 2.83. The van der Waals surface area contributed by atoms with Gasteiger partial charge in [-0.3, -0.25) is 4.98 Å². The molecule has 0 spiro atoms. The molecule has 0 aliphatic rings. The molecule has 0 aliphatic carbocycles. The van der Waals surface area contributed by atoms with Gasteiger partial charge in [-0.2, -0.15) is 4.31 Å². The van der Waals surface area contributed by atoms with Crippen LogP contribution in [0.25, 0.3) is 0 Å². The van der Waals surface area contributed by atoms with Crippen LogP contribution in [-0.4, -0.2) is 49.7 Å². The summed E-state index contributed by atoms with van der Waals surface area (Å²) in [7, 11) is -2.77. The Balaban J connectivity index is 1.74. The lowest BCUT2D eigenvalue weighted by Crippen LogP contribution is -2.33. The van der Waals surface area contributed by atoms with Crippen LogP contribution in [0.2, 0.25) is 5.02 Å². The molecule has 3 rings (SSSR count). The molecule has 12 heteroatoms. The normalized spacial score (nSPS) is 11.5. The van der Waals surface area contributed by atoms with E-state index in [0.29, 0.717) is 10.7 Å². The first-order valence-corrected chi connectivity index (χ1v) is 13.0. The van der Waals surface area contributed by atoms with E-state index < -0.39 is 40.0 Å². The molecule has 0 bridgehead atoms. The first-order chi connectivity index (χ1) is 16.7. The summed E-state index contributed by atoms with van der Waals surface area (Å²) >= 11 is 6.95. The molecular formula is C23H21ClF2N2O5S2. The minimum atomic E-state index is -3.90. The second kappa shape index (κ2) is 12.3. The molecular weight excluding hydrogens is 522 g/mol. The summed E-state index contributed by atoms with van der Waals surface area (Å²) in [6, 6.07) is 13.1. The minimum Gasteiger partial charge on any atom is -0.476 e. The summed E-state index contributed by atoms with van der Waals surface area (Å²) in [5.41, 5.74) is 0.541. The summed E-state index contributed by atoms with van der Waals surface area (Å²) in [6.45, 7) is -0.590. The maximum Gasteiger partial charge on any atom is 0.343 e. The van der Waals surface area contributed by atoms with Crippen molar-refractivity contribution in [3.05, 3.63) is 83.1 Å². The molecule has 0 amide bonds. The zero-order valence-electron chi connectivity index (χ0n) is 18.5. The van der Waals surface area contributed by atoms with E-state index >= 15 is 0 Å². The van der Waals surface area contributed by atoms with E-state index in [2.05, 4.69) is 9.72 Å². The third kappa shape index (κ3) is 7.38. The number of hydrogen-bond acceptors (Lipinski definition) is 7. The Bertz CT molecular complexity index is 1240. The standard InChI is InChI=1S/C23H21ClF2N2O5S2/c1-32-22(29)15-33-23-20(25)12-18(13-21(23)26)34-11-10-28(14-17-4-2-3-9-27-17)35(30,31)19-7-5-16(24)6-8-19/h2-9,12-13H,10-11,14-15H2,1H3. The second-order valence-corrected chi connectivity index (χ2v) is 10.6. The molecule has 0 radical (unpaired) electrons. The van der Waals surface area contributed by atoms with E-state index in [9.17, 15) is 22.0 Å². The van der Waals surface area contributed by atoms with Crippen molar-refractivity contribution in [2.75, 3.05) is 26.0 Å². The molecule has 3 aromatic rings. The third-order valence-electron chi connectivity index (χ3n) is 4.66. The summed E-state index contributed by atoms with van der Waals surface area (Å²) in [6.07, 6.45) is 1.56. The van der Waals surface area contributed by atoms with Crippen LogP contribution in [0, 0.1) is 11.6 Å². The quantitative estimate of drug-likeness (QED) is 0.259. The highest BCUT2D eigenvalue weighted by Crippen LogP contribution is 2.29. The van der Waals surface area contributed by atoms with Gasteiger partial charge in [-0.05, 0) is 48.5 Å². The first kappa shape index (κ1) is 26.9. The van der Waals surface area contributed by atoms with E-state index in [1.807, 2.05) is 0 Å². The zero-order chi connectivity index (χ0) is 25.4. The first-order valence-electron chi connectivity index (χ1n) is 10.2. The van der Waals surface area contributed by atoms with Crippen molar-refractivity contribution in [2.24, 2.45) is 0 Å². The van der Waals surface area contributed by atoms with Gasteiger partial charge in [0.2, 0.25) is 10.0 Å². The van der Waals surface area contributed by atoms with Gasteiger partial charge in [-0.15, -0.1) is 11.8 Å². The molecule has 2 aromatic carbocycles. The predicted octanol–water partition coefficient (Wildman–Crippen LogP) is 4.55. The highest BCUT2D eigenvalue weighted by Gasteiger charge is 2.25. The number of thioether (sulfide) groups is 1. The van der Waals surface area contributed by atoms with E-state index in [-0.39, 0.29) is 28.6 Å². The molecule has 35 heavy (non-hydrogen) atoms. The molecule has 0 unspecified atom stereocenters. The van der Waals surface area contributed by atoms with Crippen molar-refractivity contribution >= 4 is 39.4 Å². The fourth-order valence-corrected chi connectivity index (χ4v) is 5.50. The number of esters is 1. The number of rotatable bonds is 11. The number of methoxy groups -OCH3 is 1. The molecule has 0 atom stereocenters.